The van der Waals surface area contributed by atoms with Crippen LogP contribution in [0.2, 0.25) is 0 Å². The van der Waals surface area contributed by atoms with Gasteiger partial charge in [-0.1, -0.05) is 6.42 Å². The summed E-state index contributed by atoms with van der Waals surface area (Å²) in [5, 5.41) is 2.80. The zero-order chi connectivity index (χ0) is 14.6. The van der Waals surface area contributed by atoms with Crippen molar-refractivity contribution in [2.75, 3.05) is 31.5 Å². The normalized spacial score (nSPS) is 17.2. The molecule has 1 fully saturated rings. The summed E-state index contributed by atoms with van der Waals surface area (Å²) >= 11 is 3.02. The zero-order valence-corrected chi connectivity index (χ0v) is 12.6. The molecule has 1 aliphatic heterocycles. The average molecular weight is 352 g/mol. The summed E-state index contributed by atoms with van der Waals surface area (Å²) in [6, 6.07) is 1.05. The number of rotatable bonds is 4. The lowest BCUT2D eigenvalue weighted by molar-refractivity contribution is -0.137. The minimum atomic E-state index is -4.40. The third-order valence-electron chi connectivity index (χ3n) is 3.33. The van der Waals surface area contributed by atoms with E-state index in [-0.39, 0.29) is 5.82 Å². The minimum absolute atomic E-state index is 0.0993. The van der Waals surface area contributed by atoms with Gasteiger partial charge in [0.2, 0.25) is 0 Å². The predicted octanol–water partition coefficient (Wildman–Crippen LogP) is 3.76. The molecule has 0 atom stereocenters. The Morgan fingerprint density at radius 2 is 1.95 bits per heavy atom. The minimum Gasteiger partial charge on any atom is -0.368 e. The first-order valence-corrected chi connectivity index (χ1v) is 7.45. The van der Waals surface area contributed by atoms with Crippen LogP contribution in [-0.2, 0) is 6.18 Å². The number of aromatic nitrogens is 1. The second-order valence-corrected chi connectivity index (χ2v) is 5.79. The molecule has 7 heteroatoms. The molecule has 112 valence electrons. The molecule has 0 aromatic carbocycles. The molecule has 0 radical (unpaired) electrons. The van der Waals surface area contributed by atoms with E-state index in [0.29, 0.717) is 11.0 Å². The molecule has 2 heterocycles. The molecule has 0 spiro atoms. The highest BCUT2D eigenvalue weighted by Gasteiger charge is 2.34. The van der Waals surface area contributed by atoms with Crippen LogP contribution in [-0.4, -0.2) is 36.1 Å². The van der Waals surface area contributed by atoms with Crippen molar-refractivity contribution < 1.29 is 13.2 Å². The number of anilines is 1. The number of hydrogen-bond donors (Lipinski definition) is 1. The fourth-order valence-corrected chi connectivity index (χ4v) is 2.64. The standard InChI is InChI=1S/C13H17BrF3N3/c14-10-8-11(13(15,16)17)12(19-9-10)18-4-7-20-5-2-1-3-6-20/h8-9H,1-7H2,(H,18,19). The molecule has 1 aromatic heterocycles. The Bertz CT molecular complexity index is 445. The van der Waals surface area contributed by atoms with Crippen LogP contribution >= 0.6 is 15.9 Å². The van der Waals surface area contributed by atoms with E-state index in [2.05, 4.69) is 31.1 Å². The van der Waals surface area contributed by atoms with E-state index in [4.69, 9.17) is 0 Å². The van der Waals surface area contributed by atoms with Gasteiger partial charge in [0.05, 0.1) is 5.56 Å². The van der Waals surface area contributed by atoms with Crippen LogP contribution in [0.3, 0.4) is 0 Å². The average Bonchev–Trinajstić information content (AvgIpc) is 2.40. The second-order valence-electron chi connectivity index (χ2n) is 4.88. The number of nitrogens with zero attached hydrogens (tertiary/aromatic N) is 2. The van der Waals surface area contributed by atoms with E-state index in [1.54, 1.807) is 0 Å². The molecule has 0 aliphatic carbocycles. The van der Waals surface area contributed by atoms with Gasteiger partial charge in [-0.3, -0.25) is 0 Å². The number of halogens is 4. The van der Waals surface area contributed by atoms with Crippen molar-refractivity contribution in [1.29, 1.82) is 0 Å². The van der Waals surface area contributed by atoms with E-state index in [9.17, 15) is 13.2 Å². The van der Waals surface area contributed by atoms with E-state index in [1.807, 2.05) is 0 Å². The molecule has 1 N–H and O–H groups in total. The van der Waals surface area contributed by atoms with Gasteiger partial charge in [-0.15, -0.1) is 0 Å². The molecule has 3 nitrogen and oxygen atoms in total. The second kappa shape index (κ2) is 6.76. The van der Waals surface area contributed by atoms with Crippen LogP contribution in [0.4, 0.5) is 19.0 Å². The number of alkyl halides is 3. The maximum absolute atomic E-state index is 12.9. The summed E-state index contributed by atoms with van der Waals surface area (Å²) in [4.78, 5) is 6.10. The van der Waals surface area contributed by atoms with Crippen molar-refractivity contribution in [3.63, 3.8) is 0 Å². The van der Waals surface area contributed by atoms with E-state index in [0.717, 1.165) is 25.7 Å². The van der Waals surface area contributed by atoms with E-state index < -0.39 is 11.7 Å². The van der Waals surface area contributed by atoms with Crippen LogP contribution in [0.1, 0.15) is 24.8 Å². The molecule has 1 aromatic rings. The van der Waals surface area contributed by atoms with Crippen LogP contribution in [0.15, 0.2) is 16.7 Å². The van der Waals surface area contributed by atoms with E-state index in [1.165, 1.54) is 25.5 Å². The number of hydrogen-bond acceptors (Lipinski definition) is 3. The molecule has 0 saturated carbocycles. The van der Waals surface area contributed by atoms with Crippen molar-refractivity contribution in [1.82, 2.24) is 9.88 Å². The molecule has 2 rings (SSSR count). The lowest BCUT2D eigenvalue weighted by Gasteiger charge is -2.26. The highest BCUT2D eigenvalue weighted by Crippen LogP contribution is 2.35. The Morgan fingerprint density at radius 3 is 2.60 bits per heavy atom. The lowest BCUT2D eigenvalue weighted by atomic mass is 10.1. The Hall–Kier alpha value is -0.820. The summed E-state index contributed by atoms with van der Waals surface area (Å²) in [5.74, 6) is -0.0993. The van der Waals surface area contributed by atoms with Gasteiger partial charge in [-0.2, -0.15) is 13.2 Å². The van der Waals surface area contributed by atoms with Gasteiger partial charge in [0, 0.05) is 23.8 Å². The quantitative estimate of drug-likeness (QED) is 0.894. The maximum atomic E-state index is 12.9. The lowest BCUT2D eigenvalue weighted by Crippen LogP contribution is -2.34. The largest absolute Gasteiger partial charge is 0.419 e. The van der Waals surface area contributed by atoms with Gasteiger partial charge in [-0.05, 0) is 47.9 Å². The molecular weight excluding hydrogens is 335 g/mol. The van der Waals surface area contributed by atoms with Crippen LogP contribution in [0.5, 0.6) is 0 Å². The molecular formula is C13H17BrF3N3. The van der Waals surface area contributed by atoms with Gasteiger partial charge >= 0.3 is 6.18 Å². The van der Waals surface area contributed by atoms with Crippen LogP contribution in [0.25, 0.3) is 0 Å². The summed E-state index contributed by atoms with van der Waals surface area (Å²) < 4.78 is 39.0. The summed E-state index contributed by atoms with van der Waals surface area (Å²) in [6.07, 6.45) is 0.563. The van der Waals surface area contributed by atoms with Crippen LogP contribution < -0.4 is 5.32 Å². The first-order valence-electron chi connectivity index (χ1n) is 6.66. The highest BCUT2D eigenvalue weighted by atomic mass is 79.9. The first-order chi connectivity index (χ1) is 9.47. The van der Waals surface area contributed by atoms with Crippen molar-refractivity contribution in [2.45, 2.75) is 25.4 Å². The molecule has 1 saturated heterocycles. The molecule has 0 unspecified atom stereocenters. The fraction of sp³-hybridized carbons (Fsp3) is 0.615. The molecule has 0 amide bonds. The fourth-order valence-electron chi connectivity index (χ4n) is 2.31. The topological polar surface area (TPSA) is 28.2 Å². The molecule has 20 heavy (non-hydrogen) atoms. The van der Waals surface area contributed by atoms with Gasteiger partial charge in [0.25, 0.3) is 0 Å². The van der Waals surface area contributed by atoms with Crippen molar-refractivity contribution in [3.8, 4) is 0 Å². The summed E-state index contributed by atoms with van der Waals surface area (Å²) in [5.41, 5.74) is -0.731. The number of likely N-dealkylation sites (tertiary alicyclic amines) is 1. The van der Waals surface area contributed by atoms with Crippen molar-refractivity contribution >= 4 is 21.7 Å². The van der Waals surface area contributed by atoms with Gasteiger partial charge in [0.15, 0.2) is 0 Å². The first kappa shape index (κ1) is 15.6. The smallest absolute Gasteiger partial charge is 0.368 e. The predicted molar refractivity (Wildman–Crippen MR) is 75.7 cm³/mol. The maximum Gasteiger partial charge on any atom is 0.419 e. The third-order valence-corrected chi connectivity index (χ3v) is 3.76. The Morgan fingerprint density at radius 1 is 1.25 bits per heavy atom. The number of piperidine rings is 1. The summed E-state index contributed by atoms with van der Waals surface area (Å²) in [7, 11) is 0. The van der Waals surface area contributed by atoms with Gasteiger partial charge in [0.1, 0.15) is 5.82 Å². The molecule has 1 aliphatic rings. The van der Waals surface area contributed by atoms with Gasteiger partial charge < -0.3 is 10.2 Å². The van der Waals surface area contributed by atoms with Crippen molar-refractivity contribution in [3.05, 3.63) is 22.3 Å². The Kier molecular flexibility index (Phi) is 5.26. The number of pyridine rings is 1. The summed E-state index contributed by atoms with van der Waals surface area (Å²) in [6.45, 7) is 3.27. The SMILES string of the molecule is FC(F)(F)c1cc(Br)cnc1NCCN1CCCCC1. The van der Waals surface area contributed by atoms with Crippen LogP contribution in [0, 0.1) is 0 Å². The monoisotopic (exact) mass is 351 g/mol. The molecule has 0 bridgehead atoms. The highest BCUT2D eigenvalue weighted by molar-refractivity contribution is 9.10. The van der Waals surface area contributed by atoms with E-state index >= 15 is 0 Å². The third kappa shape index (κ3) is 4.34. The number of nitrogens with one attached hydrogen (secondary N) is 1. The Balaban J connectivity index is 1.95. The Labute approximate surface area is 124 Å². The van der Waals surface area contributed by atoms with Crippen molar-refractivity contribution in [2.24, 2.45) is 0 Å². The van der Waals surface area contributed by atoms with Gasteiger partial charge in [-0.25, -0.2) is 4.98 Å². The zero-order valence-electron chi connectivity index (χ0n) is 11.0.